The minimum absolute atomic E-state index is 0. The predicted octanol–water partition coefficient (Wildman–Crippen LogP) is 2.10. The second-order valence-corrected chi connectivity index (χ2v) is 6.31. The lowest BCUT2D eigenvalue weighted by Crippen LogP contribution is -2.44. The van der Waals surface area contributed by atoms with Gasteiger partial charge in [-0.1, -0.05) is 0 Å². The van der Waals surface area contributed by atoms with E-state index >= 15 is 0 Å². The van der Waals surface area contributed by atoms with Gasteiger partial charge in [-0.2, -0.15) is 0 Å². The van der Waals surface area contributed by atoms with E-state index < -0.39 is 0 Å². The fourth-order valence-corrected chi connectivity index (χ4v) is 3.92. The van der Waals surface area contributed by atoms with Crippen molar-refractivity contribution in [1.29, 1.82) is 0 Å². The summed E-state index contributed by atoms with van der Waals surface area (Å²) in [6, 6.07) is 3.89. The molecule has 0 unspecified atom stereocenters. The third-order valence-electron chi connectivity index (χ3n) is 4.14. The summed E-state index contributed by atoms with van der Waals surface area (Å²) in [4.78, 5) is 16.6. The van der Waals surface area contributed by atoms with Crippen molar-refractivity contribution in [2.24, 2.45) is 5.92 Å². The first-order valence-electron chi connectivity index (χ1n) is 6.66. The molecule has 20 heavy (non-hydrogen) atoms. The van der Waals surface area contributed by atoms with E-state index in [1.54, 1.807) is 23.6 Å². The molecule has 0 aromatic carbocycles. The molecule has 2 aliphatic rings. The summed E-state index contributed by atoms with van der Waals surface area (Å²) >= 11 is 1.58. The summed E-state index contributed by atoms with van der Waals surface area (Å²) in [5.41, 5.74) is 2.27. The van der Waals surface area contributed by atoms with Crippen LogP contribution in [0.5, 0.6) is 0 Å². The van der Waals surface area contributed by atoms with E-state index in [2.05, 4.69) is 16.4 Å². The van der Waals surface area contributed by atoms with Gasteiger partial charge in [-0.15, -0.1) is 23.7 Å². The Kier molecular flexibility index (Phi) is 3.67. The molecule has 2 bridgehead atoms. The molecule has 2 aromatic heterocycles. The van der Waals surface area contributed by atoms with Crippen LogP contribution in [0, 0.1) is 5.92 Å². The van der Waals surface area contributed by atoms with Crippen molar-refractivity contribution in [2.75, 3.05) is 13.1 Å². The van der Waals surface area contributed by atoms with Crippen LogP contribution in [-0.4, -0.2) is 22.6 Å². The zero-order valence-corrected chi connectivity index (χ0v) is 12.5. The first-order valence-corrected chi connectivity index (χ1v) is 7.54. The summed E-state index contributed by atoms with van der Waals surface area (Å²) in [7, 11) is 0. The van der Waals surface area contributed by atoms with Crippen molar-refractivity contribution in [1.82, 2.24) is 14.9 Å². The average molecular weight is 310 g/mol. The first-order chi connectivity index (χ1) is 9.31. The molecule has 2 aliphatic heterocycles. The minimum Gasteiger partial charge on any atom is -0.316 e. The van der Waals surface area contributed by atoms with Crippen molar-refractivity contribution in [3.63, 3.8) is 0 Å². The number of thiazole rings is 1. The van der Waals surface area contributed by atoms with Crippen LogP contribution in [0.25, 0.3) is 10.6 Å². The van der Waals surface area contributed by atoms with Gasteiger partial charge in [0.2, 0.25) is 0 Å². The van der Waals surface area contributed by atoms with Gasteiger partial charge >= 0.3 is 0 Å². The number of nitrogens with one attached hydrogen (secondary N) is 1. The SMILES string of the molecule is Cl.O=c1cc(-c2nccs2)cc2n1C[C@@H]1CNC[C@H]2C1. The standard InChI is InChI=1S/C14H15N3OS.ClH/c18-13-5-10(14-16-1-2-19-14)4-12-11-3-9(6-15-7-11)8-17(12)13;/h1-2,4-5,9,11,15H,3,6-8H2;1H/t9-,11+;/m0./s1. The summed E-state index contributed by atoms with van der Waals surface area (Å²) < 4.78 is 1.97. The molecule has 0 amide bonds. The molecule has 0 spiro atoms. The second-order valence-electron chi connectivity index (χ2n) is 5.41. The molecule has 2 aromatic rings. The lowest BCUT2D eigenvalue weighted by molar-refractivity contribution is 0.257. The quantitative estimate of drug-likeness (QED) is 0.877. The highest BCUT2D eigenvalue weighted by molar-refractivity contribution is 7.13. The van der Waals surface area contributed by atoms with E-state index in [0.29, 0.717) is 11.8 Å². The maximum Gasteiger partial charge on any atom is 0.251 e. The minimum atomic E-state index is 0. The lowest BCUT2D eigenvalue weighted by atomic mass is 9.84. The van der Waals surface area contributed by atoms with Crippen molar-refractivity contribution in [2.45, 2.75) is 18.9 Å². The molecule has 4 heterocycles. The summed E-state index contributed by atoms with van der Waals surface area (Å²) in [5, 5.41) is 6.36. The van der Waals surface area contributed by atoms with Gasteiger partial charge in [0.15, 0.2) is 0 Å². The highest BCUT2D eigenvalue weighted by Crippen LogP contribution is 2.33. The van der Waals surface area contributed by atoms with Crippen LogP contribution in [0.2, 0.25) is 0 Å². The molecule has 1 fully saturated rings. The molecular formula is C14H16ClN3OS. The topological polar surface area (TPSA) is 46.9 Å². The number of piperidine rings is 1. The summed E-state index contributed by atoms with van der Waals surface area (Å²) in [5.74, 6) is 1.08. The molecule has 6 heteroatoms. The molecular weight excluding hydrogens is 294 g/mol. The van der Waals surface area contributed by atoms with Gasteiger partial charge in [-0.25, -0.2) is 4.98 Å². The highest BCUT2D eigenvalue weighted by Gasteiger charge is 2.31. The Morgan fingerprint density at radius 1 is 1.35 bits per heavy atom. The zero-order valence-electron chi connectivity index (χ0n) is 10.9. The molecule has 4 rings (SSSR count). The van der Waals surface area contributed by atoms with Gasteiger partial charge in [-0.3, -0.25) is 4.79 Å². The Morgan fingerprint density at radius 3 is 3.05 bits per heavy atom. The largest absolute Gasteiger partial charge is 0.316 e. The lowest BCUT2D eigenvalue weighted by Gasteiger charge is -2.37. The predicted molar refractivity (Wildman–Crippen MR) is 82.8 cm³/mol. The van der Waals surface area contributed by atoms with E-state index in [0.717, 1.165) is 30.2 Å². The van der Waals surface area contributed by atoms with Crippen molar-refractivity contribution < 1.29 is 0 Å². The van der Waals surface area contributed by atoms with Crippen LogP contribution < -0.4 is 10.9 Å². The van der Waals surface area contributed by atoms with Crippen LogP contribution in [0.1, 0.15) is 18.0 Å². The Labute approximate surface area is 127 Å². The molecule has 1 saturated heterocycles. The second kappa shape index (κ2) is 5.31. The van der Waals surface area contributed by atoms with Gasteiger partial charge in [-0.05, 0) is 24.9 Å². The van der Waals surface area contributed by atoms with Crippen LogP contribution in [0.4, 0.5) is 0 Å². The number of fused-ring (bicyclic) bond motifs is 4. The van der Waals surface area contributed by atoms with Gasteiger partial charge < -0.3 is 9.88 Å². The van der Waals surface area contributed by atoms with E-state index in [-0.39, 0.29) is 18.0 Å². The van der Waals surface area contributed by atoms with Gasteiger partial charge in [0.05, 0.1) is 0 Å². The van der Waals surface area contributed by atoms with Gasteiger partial charge in [0, 0.05) is 47.9 Å². The first kappa shape index (κ1) is 13.8. The van der Waals surface area contributed by atoms with E-state index in [9.17, 15) is 4.79 Å². The normalized spacial score (nSPS) is 23.8. The Balaban J connectivity index is 0.00000121. The molecule has 0 aliphatic carbocycles. The van der Waals surface area contributed by atoms with Crippen LogP contribution in [0.15, 0.2) is 28.5 Å². The number of pyridine rings is 1. The highest BCUT2D eigenvalue weighted by atomic mass is 35.5. The van der Waals surface area contributed by atoms with Crippen molar-refractivity contribution in [3.05, 3.63) is 39.8 Å². The Bertz CT molecular complexity index is 668. The van der Waals surface area contributed by atoms with Crippen LogP contribution >= 0.6 is 23.7 Å². The summed E-state index contributed by atoms with van der Waals surface area (Å²) in [6.07, 6.45) is 2.99. The van der Waals surface area contributed by atoms with Crippen LogP contribution in [-0.2, 0) is 6.54 Å². The van der Waals surface area contributed by atoms with E-state index in [1.807, 2.05) is 9.95 Å². The number of nitrogens with zero attached hydrogens (tertiary/aromatic N) is 2. The van der Waals surface area contributed by atoms with Crippen molar-refractivity contribution in [3.8, 4) is 10.6 Å². The number of hydrogen-bond acceptors (Lipinski definition) is 4. The molecule has 1 N–H and O–H groups in total. The maximum absolute atomic E-state index is 12.3. The molecule has 106 valence electrons. The molecule has 2 atom stereocenters. The molecule has 0 saturated carbocycles. The monoisotopic (exact) mass is 309 g/mol. The average Bonchev–Trinajstić information content (AvgIpc) is 2.94. The van der Waals surface area contributed by atoms with Crippen molar-refractivity contribution >= 4 is 23.7 Å². The Hall–Kier alpha value is -1.17. The molecule has 0 radical (unpaired) electrons. The fraction of sp³-hybridized carbons (Fsp3) is 0.429. The number of halogens is 1. The fourth-order valence-electron chi connectivity index (χ4n) is 3.29. The third-order valence-corrected chi connectivity index (χ3v) is 4.96. The van der Waals surface area contributed by atoms with E-state index in [4.69, 9.17) is 0 Å². The number of hydrogen-bond donors (Lipinski definition) is 1. The number of rotatable bonds is 1. The van der Waals surface area contributed by atoms with Crippen LogP contribution in [0.3, 0.4) is 0 Å². The zero-order chi connectivity index (χ0) is 12.8. The van der Waals surface area contributed by atoms with Gasteiger partial charge in [0.1, 0.15) is 5.01 Å². The van der Waals surface area contributed by atoms with E-state index in [1.165, 1.54) is 12.1 Å². The third kappa shape index (κ3) is 2.20. The maximum atomic E-state index is 12.3. The van der Waals surface area contributed by atoms with Gasteiger partial charge in [0.25, 0.3) is 5.56 Å². The summed E-state index contributed by atoms with van der Waals surface area (Å²) in [6.45, 7) is 2.88. The molecule has 4 nitrogen and oxygen atoms in total. The Morgan fingerprint density at radius 2 is 2.25 bits per heavy atom. The smallest absolute Gasteiger partial charge is 0.251 e. The number of aromatic nitrogens is 2.